The van der Waals surface area contributed by atoms with Gasteiger partial charge in [-0.15, -0.1) is 0 Å². The molecule has 68 valence electrons. The zero-order valence-electron chi connectivity index (χ0n) is 7.37. The maximum Gasteiger partial charge on any atom is 0.315 e. The molecule has 0 saturated carbocycles. The molecule has 0 spiro atoms. The number of hydrogen-bond acceptors (Lipinski definition) is 4. The fraction of sp³-hybridized carbons (Fsp3) is 0.750. The van der Waals surface area contributed by atoms with Crippen molar-refractivity contribution >= 4 is 23.0 Å². The molecule has 0 aromatic rings. The van der Waals surface area contributed by atoms with Crippen LogP contribution in [0.3, 0.4) is 0 Å². The zero-order valence-corrected chi connectivity index (χ0v) is 8.19. The largest absolute Gasteiger partial charge is 0.401 e. The molecule has 0 bridgehead atoms. The van der Waals surface area contributed by atoms with Crippen molar-refractivity contribution in [3.05, 3.63) is 0 Å². The Morgan fingerprint density at radius 3 is 3.08 bits per heavy atom. The molecule has 0 N–H and O–H groups in total. The summed E-state index contributed by atoms with van der Waals surface area (Å²) in [4.78, 5) is 15.2. The van der Waals surface area contributed by atoms with Crippen molar-refractivity contribution < 1.29 is 9.53 Å². The van der Waals surface area contributed by atoms with Crippen LogP contribution in [0.25, 0.3) is 0 Å². The Hall–Kier alpha value is -0.510. The van der Waals surface area contributed by atoms with Crippen molar-refractivity contribution in [2.45, 2.75) is 20.3 Å². The second kappa shape index (κ2) is 4.50. The number of thioether (sulfide) groups is 1. The second-order valence-electron chi connectivity index (χ2n) is 2.73. The molecule has 1 atom stereocenters. The first kappa shape index (κ1) is 9.58. The second-order valence-corrected chi connectivity index (χ2v) is 3.77. The smallest absolute Gasteiger partial charge is 0.315 e. The van der Waals surface area contributed by atoms with Gasteiger partial charge in [0, 0.05) is 5.75 Å². The van der Waals surface area contributed by atoms with Gasteiger partial charge in [-0.3, -0.25) is 4.79 Å². The van der Waals surface area contributed by atoms with E-state index in [4.69, 9.17) is 4.74 Å². The lowest BCUT2D eigenvalue weighted by molar-refractivity contribution is -0.139. The van der Waals surface area contributed by atoms with Crippen LogP contribution in [-0.2, 0) is 9.53 Å². The van der Waals surface area contributed by atoms with E-state index in [9.17, 15) is 4.79 Å². The summed E-state index contributed by atoms with van der Waals surface area (Å²) in [7, 11) is 0. The molecule has 1 aliphatic rings. The molecule has 0 fully saturated rings. The number of hydrogen-bond donors (Lipinski definition) is 0. The van der Waals surface area contributed by atoms with Crippen LogP contribution in [0.15, 0.2) is 4.99 Å². The first-order chi connectivity index (χ1) is 5.74. The number of carbonyl (C=O) groups excluding carboxylic acids is 1. The van der Waals surface area contributed by atoms with Gasteiger partial charge in [-0.2, -0.15) is 0 Å². The molecule has 0 aliphatic carbocycles. The van der Waals surface area contributed by atoms with Crippen molar-refractivity contribution in [1.82, 2.24) is 0 Å². The van der Waals surface area contributed by atoms with Gasteiger partial charge in [-0.05, 0) is 6.42 Å². The van der Waals surface area contributed by atoms with E-state index in [1.54, 1.807) is 0 Å². The molecule has 0 aromatic carbocycles. The summed E-state index contributed by atoms with van der Waals surface area (Å²) in [5, 5.41) is 0.542. The SMILES string of the molecule is CCC(C)C(=O)OC1=NCCS1. The molecule has 0 amide bonds. The predicted octanol–water partition coefficient (Wildman–Crippen LogP) is 1.68. The van der Waals surface area contributed by atoms with E-state index in [2.05, 4.69) is 4.99 Å². The van der Waals surface area contributed by atoms with E-state index in [1.165, 1.54) is 11.8 Å². The van der Waals surface area contributed by atoms with Gasteiger partial charge in [0.1, 0.15) is 0 Å². The Balaban J connectivity index is 2.35. The maximum absolute atomic E-state index is 11.2. The first-order valence-electron chi connectivity index (χ1n) is 4.13. The molecule has 0 aromatic heterocycles. The van der Waals surface area contributed by atoms with Gasteiger partial charge < -0.3 is 4.74 Å². The number of aliphatic imine (C=N–C) groups is 1. The quantitative estimate of drug-likeness (QED) is 0.617. The van der Waals surface area contributed by atoms with E-state index in [1.807, 2.05) is 13.8 Å². The fourth-order valence-electron chi connectivity index (χ4n) is 0.731. The zero-order chi connectivity index (χ0) is 8.97. The lowest BCUT2D eigenvalue weighted by Gasteiger charge is -2.06. The minimum absolute atomic E-state index is 0.0195. The van der Waals surface area contributed by atoms with Crippen molar-refractivity contribution in [1.29, 1.82) is 0 Å². The van der Waals surface area contributed by atoms with Gasteiger partial charge >= 0.3 is 5.97 Å². The van der Waals surface area contributed by atoms with Crippen LogP contribution >= 0.6 is 11.8 Å². The van der Waals surface area contributed by atoms with Crippen molar-refractivity contribution in [3.8, 4) is 0 Å². The van der Waals surface area contributed by atoms with E-state index in [0.29, 0.717) is 5.23 Å². The van der Waals surface area contributed by atoms with E-state index in [-0.39, 0.29) is 11.9 Å². The summed E-state index contributed by atoms with van der Waals surface area (Å²) in [6.07, 6.45) is 0.816. The fourth-order valence-corrected chi connectivity index (χ4v) is 1.41. The third-order valence-corrected chi connectivity index (χ3v) is 2.61. The lowest BCUT2D eigenvalue weighted by Crippen LogP contribution is -2.16. The Labute approximate surface area is 76.6 Å². The van der Waals surface area contributed by atoms with Crippen LogP contribution in [-0.4, -0.2) is 23.5 Å². The molecule has 0 radical (unpaired) electrons. The first-order valence-corrected chi connectivity index (χ1v) is 5.11. The minimum atomic E-state index is -0.161. The van der Waals surface area contributed by atoms with Gasteiger partial charge in [0.05, 0.1) is 12.5 Å². The molecular formula is C8H13NO2S. The van der Waals surface area contributed by atoms with Crippen LogP contribution in [0.2, 0.25) is 0 Å². The summed E-state index contributed by atoms with van der Waals surface area (Å²) < 4.78 is 5.04. The van der Waals surface area contributed by atoms with Crippen LogP contribution in [0.1, 0.15) is 20.3 Å². The average molecular weight is 187 g/mol. The molecule has 3 nitrogen and oxygen atoms in total. The molecule has 1 unspecified atom stereocenters. The third kappa shape index (κ3) is 2.52. The van der Waals surface area contributed by atoms with Crippen molar-refractivity contribution in [2.75, 3.05) is 12.3 Å². The summed E-state index contributed by atoms with van der Waals surface area (Å²) in [6, 6.07) is 0. The summed E-state index contributed by atoms with van der Waals surface area (Å²) in [6.45, 7) is 4.60. The van der Waals surface area contributed by atoms with Crippen LogP contribution in [0.4, 0.5) is 0 Å². The minimum Gasteiger partial charge on any atom is -0.401 e. The molecule has 0 saturated heterocycles. The number of esters is 1. The predicted molar refractivity (Wildman–Crippen MR) is 50.3 cm³/mol. The highest BCUT2D eigenvalue weighted by atomic mass is 32.2. The van der Waals surface area contributed by atoms with Crippen LogP contribution in [0.5, 0.6) is 0 Å². The Morgan fingerprint density at radius 2 is 2.58 bits per heavy atom. The lowest BCUT2D eigenvalue weighted by atomic mass is 10.1. The average Bonchev–Trinajstić information content (AvgIpc) is 2.55. The molecule has 1 aliphatic heterocycles. The number of rotatable bonds is 2. The normalized spacial score (nSPS) is 18.7. The molecule has 12 heavy (non-hydrogen) atoms. The van der Waals surface area contributed by atoms with E-state index >= 15 is 0 Å². The van der Waals surface area contributed by atoms with Crippen LogP contribution in [0, 0.1) is 5.92 Å². The van der Waals surface area contributed by atoms with Gasteiger partial charge in [0.2, 0.25) is 0 Å². The summed E-state index contributed by atoms with van der Waals surface area (Å²) >= 11 is 1.51. The van der Waals surface area contributed by atoms with Crippen LogP contribution < -0.4 is 0 Å². The standard InChI is InChI=1S/C8H13NO2S/c1-3-6(2)7(10)11-8-9-4-5-12-8/h6H,3-5H2,1-2H3. The third-order valence-electron chi connectivity index (χ3n) is 1.76. The molecule has 4 heteroatoms. The van der Waals surface area contributed by atoms with Crippen molar-refractivity contribution in [3.63, 3.8) is 0 Å². The number of nitrogens with zero attached hydrogens (tertiary/aromatic N) is 1. The number of carbonyl (C=O) groups is 1. The molecular weight excluding hydrogens is 174 g/mol. The van der Waals surface area contributed by atoms with Gasteiger partial charge in [-0.1, -0.05) is 25.6 Å². The maximum atomic E-state index is 11.2. The monoisotopic (exact) mass is 187 g/mol. The topological polar surface area (TPSA) is 38.7 Å². The summed E-state index contributed by atoms with van der Waals surface area (Å²) in [5.41, 5.74) is 0. The van der Waals surface area contributed by atoms with Gasteiger partial charge in [0.25, 0.3) is 5.23 Å². The van der Waals surface area contributed by atoms with E-state index in [0.717, 1.165) is 18.7 Å². The Kier molecular flexibility index (Phi) is 3.59. The molecule has 1 rings (SSSR count). The van der Waals surface area contributed by atoms with Crippen molar-refractivity contribution in [2.24, 2.45) is 10.9 Å². The van der Waals surface area contributed by atoms with Gasteiger partial charge in [0.15, 0.2) is 0 Å². The van der Waals surface area contributed by atoms with Gasteiger partial charge in [-0.25, -0.2) is 4.99 Å². The highest BCUT2D eigenvalue weighted by Gasteiger charge is 2.17. The highest BCUT2D eigenvalue weighted by molar-refractivity contribution is 8.13. The number of ether oxygens (including phenoxy) is 1. The summed E-state index contributed by atoms with van der Waals surface area (Å²) in [5.74, 6) is 0.753. The highest BCUT2D eigenvalue weighted by Crippen LogP contribution is 2.14. The molecule has 1 heterocycles. The van der Waals surface area contributed by atoms with E-state index < -0.39 is 0 Å². The Morgan fingerprint density at radius 1 is 1.83 bits per heavy atom. The Bertz CT molecular complexity index is 203.